The molecule has 0 bridgehead atoms. The molecule has 13 atom stereocenters. The van der Waals surface area contributed by atoms with Crippen molar-refractivity contribution >= 4 is 85.9 Å². The molecule has 3 aliphatic rings. The number of rotatable bonds is 38. The molecule has 9 N–H and O–H groups in total. The number of ether oxygens (including phenoxy) is 7. The number of aromatic nitrogens is 6. The molecular formula is C84H138N14O24P2S3. The van der Waals surface area contributed by atoms with E-state index >= 15 is 0 Å². The number of aliphatic hydroxyl groups is 2. The number of methoxy groups -OCH3 is 3. The third kappa shape index (κ3) is 40.8. The van der Waals surface area contributed by atoms with E-state index in [2.05, 4.69) is 147 Å². The fourth-order valence-electron chi connectivity index (χ4n) is 12.5. The molecule has 127 heavy (non-hydrogen) atoms. The molecule has 3 aliphatic heterocycles. The number of nitrogens with two attached hydrogens (primary N) is 1. The van der Waals surface area contributed by atoms with Gasteiger partial charge in [0.25, 0.3) is 31.7 Å². The van der Waals surface area contributed by atoms with Gasteiger partial charge in [-0.3, -0.25) is 71.8 Å². The van der Waals surface area contributed by atoms with Crippen LogP contribution in [0.1, 0.15) is 227 Å². The molecule has 3 aromatic rings. The van der Waals surface area contributed by atoms with E-state index in [9.17, 15) is 67.7 Å². The van der Waals surface area contributed by atoms with Gasteiger partial charge in [-0.25, -0.2) is 28.4 Å². The molecule has 6 heterocycles. The molecule has 0 aliphatic carbocycles. The van der Waals surface area contributed by atoms with E-state index in [0.717, 1.165) is 39.9 Å². The maximum Gasteiger partial charge on any atom is 0.330 e. The van der Waals surface area contributed by atoms with Crippen LogP contribution in [0, 0.1) is 58.2 Å². The second kappa shape index (κ2) is 65.1. The normalized spacial score (nSPS) is 19.7. The minimum atomic E-state index is -1.62. The number of aromatic amines is 3. The zero-order valence-electron chi connectivity index (χ0n) is 74.7. The number of nitrogens with zero attached hydrogens (tertiary/aromatic N) is 8. The number of H-pyrrole nitrogens is 3. The molecule has 3 saturated heterocycles. The molecule has 38 nitrogen and oxygen atoms in total. The van der Waals surface area contributed by atoms with Gasteiger partial charge in [-0.2, -0.15) is 10.5 Å². The van der Waals surface area contributed by atoms with Crippen LogP contribution in [0.5, 0.6) is 0 Å². The fourth-order valence-corrected chi connectivity index (χ4v) is 18.3. The summed E-state index contributed by atoms with van der Waals surface area (Å²) in [6.07, 6.45) is -2.30. The van der Waals surface area contributed by atoms with Crippen molar-refractivity contribution in [3.8, 4) is 47.7 Å². The first kappa shape index (κ1) is 121. The molecule has 716 valence electrons. The van der Waals surface area contributed by atoms with Crippen molar-refractivity contribution in [2.45, 2.75) is 302 Å². The molecule has 3 aromatic heterocycles. The van der Waals surface area contributed by atoms with Crippen molar-refractivity contribution < 1.29 is 85.7 Å². The third-order valence-electron chi connectivity index (χ3n) is 17.8. The van der Waals surface area contributed by atoms with Crippen LogP contribution in [0.15, 0.2) is 47.4 Å². The van der Waals surface area contributed by atoms with Crippen LogP contribution in [0.2, 0.25) is 0 Å². The fraction of sp³-hybridized carbons (Fsp3) is 0.690. The molecule has 0 radical (unpaired) electrons. The third-order valence-corrected chi connectivity index (χ3v) is 25.4. The molecule has 6 rings (SSSR count). The predicted octanol–water partition coefficient (Wildman–Crippen LogP) is 7.27. The van der Waals surface area contributed by atoms with E-state index < -0.39 is 124 Å². The molecule has 3 fully saturated rings. The number of nitrogens with one attached hydrogen (secondary N) is 5. The lowest BCUT2D eigenvalue weighted by Gasteiger charge is -2.45. The maximum absolute atomic E-state index is 12.9. The molecule has 0 spiro atoms. The summed E-state index contributed by atoms with van der Waals surface area (Å²) in [5.74, 6) is 16.6. The summed E-state index contributed by atoms with van der Waals surface area (Å²) in [6.45, 7) is 37.3. The molecule has 43 heteroatoms. The lowest BCUT2D eigenvalue weighted by molar-refractivity contribution is -0.128. The molecule has 2 amide bonds. The van der Waals surface area contributed by atoms with E-state index in [-0.39, 0.29) is 124 Å². The number of carbonyl (C=O) groups excluding carboxylic acids is 6. The van der Waals surface area contributed by atoms with Crippen LogP contribution in [0.3, 0.4) is 0 Å². The quantitative estimate of drug-likeness (QED) is 0.0121. The molecular weight excluding hydrogens is 1750 g/mol. The van der Waals surface area contributed by atoms with Gasteiger partial charge in [0.2, 0.25) is 11.8 Å². The highest BCUT2D eigenvalue weighted by Crippen LogP contribution is 2.52. The van der Waals surface area contributed by atoms with Crippen molar-refractivity contribution in [3.63, 3.8) is 0 Å². The first-order chi connectivity index (χ1) is 58.8. The summed E-state index contributed by atoms with van der Waals surface area (Å²) >= 11 is 3.27. The van der Waals surface area contributed by atoms with Crippen molar-refractivity contribution in [1.82, 2.24) is 53.3 Å². The Labute approximate surface area is 762 Å². The molecule has 0 aromatic carbocycles. The number of thioether (sulfide) groups is 3. The Morgan fingerprint density at radius 3 is 1.17 bits per heavy atom. The minimum Gasteiger partial charge on any atom is -0.467 e. The van der Waals surface area contributed by atoms with Crippen molar-refractivity contribution in [2.75, 3.05) is 78.0 Å². The largest absolute Gasteiger partial charge is 0.467 e. The van der Waals surface area contributed by atoms with Crippen LogP contribution in [0.4, 0.5) is 0 Å². The highest BCUT2D eigenvalue weighted by molar-refractivity contribution is 8.14. The zero-order chi connectivity index (χ0) is 93.6. The second-order valence-corrected chi connectivity index (χ2v) is 35.9. The van der Waals surface area contributed by atoms with Gasteiger partial charge < -0.3 is 73.3 Å². The lowest BCUT2D eigenvalue weighted by atomic mass is 10.1. The Morgan fingerprint density at radius 2 is 0.850 bits per heavy atom. The van der Waals surface area contributed by atoms with Gasteiger partial charge in [0.05, 0.1) is 76.1 Å². The average molecular weight is 1890 g/mol. The van der Waals surface area contributed by atoms with E-state index in [0.29, 0.717) is 86.8 Å². The Balaban J connectivity index is 0. The standard InChI is InChI=1S/C28H42N5O8PS.C19H25N3O7S.C15H32N3OP.C14H19N3O5.C5H8O3S.3CH4/c1-8-22-24(41-42(39-15-10-13-29)33(18(2)3)19(4)5)25(38-7)27(40-22)32-17-21(26(36)31-28(32)37)11-9-14-30-23(35)12-16-43-20(6)34;1-4-13-15(25)16(28-3)18(29-13)22-10-12(17(26)21-19(22)27)6-5-8-20-14(24)7-9-30-11(2)23;1-12(2)17(13(3)4)20(19-11-9-10-16)18(14(5)6)15(7)8;1-3-9-10(18)11(21-2)13(22-9)17-7-8(5-4-6-15)12(19)16-14(17)20;1-5(7)9-3-2-8-4-6;;;/h17-19,22,24-25,27H,8,10,12,14-16H2,1-7H3,(H,30,35)(H,31,36,37);10,13,15-16,18,25H,4,7-9H2,1-3H3,(H,20,24)(H,21,26,27);12-15H,9,11H2,1-8H3;7,9-11,13,18H,3,6,15H2,1-2H3,(H,16,19,20);4H,2-3H2,1H3;3*1H4/t22-,24+,25?,27-,42?;13-,15+,16?,18-;;9-,10+,11?,13-;;;;/m11.1..../s1. The Bertz CT molecular complexity index is 4470. The first-order valence-corrected chi connectivity index (χ1v) is 45.8. The highest BCUT2D eigenvalue weighted by Gasteiger charge is 2.50. The summed E-state index contributed by atoms with van der Waals surface area (Å²) in [4.78, 5) is 145. The Hall–Kier alpha value is -7.57. The molecule has 4 unspecified atom stereocenters. The SMILES string of the molecule is C.C.C.CC(=O)SCCOC=O.CC(C)N(C(C)C)P(OCCC#N)N(C(C)C)C(C)C.CC[C@H]1O[C@@H](n2cc(C#CCN)c(=O)[nH]c2=O)C(OC)[C@H]1O.CC[C@H]1O[C@@H](n2cc(C#CCNC(=O)CCSC(C)=O)c(=O)[nH]c2=O)C(OC)[C@H]1O.CC[C@H]1O[C@@H](n2cc(C#CCNC(=O)CCSC(C)=O)c(=O)[nH]c2=O)C(OC)[C@H]1OP(OCCC#N)N(C(C)C)C(C)C. The van der Waals surface area contributed by atoms with Gasteiger partial charge in [0.15, 0.2) is 42.5 Å². The smallest absolute Gasteiger partial charge is 0.330 e. The topological polar surface area (TPSA) is 507 Å². The average Bonchev–Trinajstić information content (AvgIpc) is 1.65. The maximum atomic E-state index is 12.9. The van der Waals surface area contributed by atoms with Gasteiger partial charge in [-0.1, -0.05) is 114 Å². The second-order valence-electron chi connectivity index (χ2n) is 29.0. The zero-order valence-corrected chi connectivity index (χ0v) is 78.9. The van der Waals surface area contributed by atoms with Crippen molar-refractivity contribution in [3.05, 3.63) is 97.8 Å². The van der Waals surface area contributed by atoms with Gasteiger partial charge in [-0.15, -0.1) is 0 Å². The van der Waals surface area contributed by atoms with E-state index in [1.807, 2.05) is 48.5 Å². The van der Waals surface area contributed by atoms with Crippen LogP contribution >= 0.6 is 52.3 Å². The summed E-state index contributed by atoms with van der Waals surface area (Å²) < 4.78 is 67.7. The van der Waals surface area contributed by atoms with Gasteiger partial charge in [-0.05, 0) is 102 Å². The summed E-state index contributed by atoms with van der Waals surface area (Å²) in [7, 11) is 1.86. The number of hydrogen-bond donors (Lipinski definition) is 8. The number of amides is 2. The number of carbonyl (C=O) groups is 6. The van der Waals surface area contributed by atoms with Gasteiger partial charge in [0, 0.05) is 127 Å². The Morgan fingerprint density at radius 1 is 0.520 bits per heavy atom. The van der Waals surface area contributed by atoms with Gasteiger partial charge in [0.1, 0.15) is 59.9 Å². The minimum absolute atomic E-state index is 0. The number of aliphatic hydroxyl groups excluding tert-OH is 2. The molecule has 0 saturated carbocycles. The van der Waals surface area contributed by atoms with Crippen LogP contribution in [-0.4, -0.2) is 256 Å². The highest BCUT2D eigenvalue weighted by atomic mass is 32.2. The van der Waals surface area contributed by atoms with E-state index in [1.54, 1.807) is 0 Å². The Kier molecular flexibility index (Phi) is 62.2. The van der Waals surface area contributed by atoms with Crippen molar-refractivity contribution in [1.29, 1.82) is 10.5 Å². The number of nitriles is 2. The summed E-state index contributed by atoms with van der Waals surface area (Å²) in [5, 5.41) is 43.3. The van der Waals surface area contributed by atoms with Crippen LogP contribution in [0.25, 0.3) is 0 Å². The predicted molar refractivity (Wildman–Crippen MR) is 495 cm³/mol. The number of hydrogen-bond acceptors (Lipinski definition) is 33. The lowest BCUT2D eigenvalue weighted by Crippen LogP contribution is -2.43. The van der Waals surface area contributed by atoms with E-state index in [1.165, 1.54) is 69.8 Å². The van der Waals surface area contributed by atoms with Gasteiger partial charge >= 0.3 is 17.1 Å². The van der Waals surface area contributed by atoms with E-state index in [4.69, 9.17) is 58.2 Å². The summed E-state index contributed by atoms with van der Waals surface area (Å²) in [6, 6.07) is 6.10. The van der Waals surface area contributed by atoms with Crippen LogP contribution in [-0.2, 0) is 75.5 Å². The summed E-state index contributed by atoms with van der Waals surface area (Å²) in [5.41, 5.74) is 1.37. The van der Waals surface area contributed by atoms with Crippen LogP contribution < -0.4 is 50.1 Å². The monoisotopic (exact) mass is 1880 g/mol. The first-order valence-electron chi connectivity index (χ1n) is 40.5. The van der Waals surface area contributed by atoms with Crippen molar-refractivity contribution in [2.24, 2.45) is 5.73 Å².